The van der Waals surface area contributed by atoms with Crippen molar-refractivity contribution in [2.45, 2.75) is 31.3 Å². The number of benzene rings is 2. The molecule has 2 aromatic rings. The molecule has 0 aliphatic carbocycles. The molecule has 5 heteroatoms. The highest BCUT2D eigenvalue weighted by atomic mass is 35.5. The zero-order valence-electron chi connectivity index (χ0n) is 15.0. The van der Waals surface area contributed by atoms with Gasteiger partial charge in [-0.3, -0.25) is 0 Å². The monoisotopic (exact) mass is 369 g/mol. The van der Waals surface area contributed by atoms with Gasteiger partial charge < -0.3 is 15.4 Å². The first-order valence-electron chi connectivity index (χ1n) is 8.96. The third-order valence-electron chi connectivity index (χ3n) is 4.99. The van der Waals surface area contributed by atoms with Crippen molar-refractivity contribution in [3.63, 3.8) is 0 Å². The highest BCUT2D eigenvalue weighted by molar-refractivity contribution is 6.32. The van der Waals surface area contributed by atoms with E-state index in [1.54, 1.807) is 6.07 Å². The summed E-state index contributed by atoms with van der Waals surface area (Å²) in [6.07, 6.45) is 1.89. The van der Waals surface area contributed by atoms with Crippen molar-refractivity contribution in [1.29, 1.82) is 5.26 Å². The Hall–Kier alpha value is -2.06. The summed E-state index contributed by atoms with van der Waals surface area (Å²) >= 11 is 6.15. The third-order valence-corrected chi connectivity index (χ3v) is 5.31. The van der Waals surface area contributed by atoms with E-state index in [4.69, 9.17) is 21.6 Å². The van der Waals surface area contributed by atoms with Gasteiger partial charge in [-0.25, -0.2) is 0 Å². The second kappa shape index (κ2) is 8.55. The van der Waals surface area contributed by atoms with Crippen molar-refractivity contribution in [3.8, 4) is 6.07 Å². The number of anilines is 1. The molecule has 0 spiro atoms. The Bertz CT molecular complexity index is 767. The van der Waals surface area contributed by atoms with Gasteiger partial charge in [0.1, 0.15) is 6.07 Å². The molecule has 0 radical (unpaired) electrons. The van der Waals surface area contributed by atoms with Gasteiger partial charge in [0.2, 0.25) is 0 Å². The zero-order valence-corrected chi connectivity index (χ0v) is 15.7. The van der Waals surface area contributed by atoms with Crippen LogP contribution in [0.3, 0.4) is 0 Å². The Balaban J connectivity index is 1.71. The van der Waals surface area contributed by atoms with Crippen LogP contribution in [0.15, 0.2) is 48.5 Å². The van der Waals surface area contributed by atoms with Crippen LogP contribution in [0.25, 0.3) is 0 Å². The molecule has 1 fully saturated rings. The van der Waals surface area contributed by atoms with Crippen molar-refractivity contribution >= 4 is 17.3 Å². The van der Waals surface area contributed by atoms with Crippen LogP contribution in [-0.4, -0.2) is 25.3 Å². The van der Waals surface area contributed by atoms with Crippen LogP contribution >= 0.6 is 11.6 Å². The van der Waals surface area contributed by atoms with Crippen LogP contribution in [0.1, 0.15) is 36.9 Å². The first-order valence-corrected chi connectivity index (χ1v) is 9.34. The summed E-state index contributed by atoms with van der Waals surface area (Å²) < 4.78 is 5.59. The first kappa shape index (κ1) is 18.7. The van der Waals surface area contributed by atoms with Crippen LogP contribution in [0, 0.1) is 11.3 Å². The molecule has 26 heavy (non-hydrogen) atoms. The van der Waals surface area contributed by atoms with E-state index in [1.807, 2.05) is 18.2 Å². The Morgan fingerprint density at radius 3 is 2.58 bits per heavy atom. The Kier molecular flexibility index (Phi) is 6.16. The predicted octanol–water partition coefficient (Wildman–Crippen LogP) is 4.52. The highest BCUT2D eigenvalue weighted by Crippen LogP contribution is 2.27. The van der Waals surface area contributed by atoms with E-state index < -0.39 is 0 Å². The maximum absolute atomic E-state index is 9.01. The third kappa shape index (κ3) is 4.56. The minimum atomic E-state index is -0.0477. The largest absolute Gasteiger partial charge is 0.383 e. The van der Waals surface area contributed by atoms with Gasteiger partial charge in [-0.15, -0.1) is 0 Å². The maximum Gasteiger partial charge on any atom is 0.101 e. The summed E-state index contributed by atoms with van der Waals surface area (Å²) in [6.45, 7) is 4.48. The van der Waals surface area contributed by atoms with Crippen molar-refractivity contribution in [2.75, 3.05) is 25.1 Å². The summed E-state index contributed by atoms with van der Waals surface area (Å²) in [5, 5.41) is 16.8. The summed E-state index contributed by atoms with van der Waals surface area (Å²) in [4.78, 5) is 0. The van der Waals surface area contributed by atoms with Gasteiger partial charge in [-0.05, 0) is 43.5 Å². The molecule has 0 saturated carbocycles. The van der Waals surface area contributed by atoms with Crippen LogP contribution in [0.2, 0.25) is 5.02 Å². The van der Waals surface area contributed by atoms with E-state index in [9.17, 15) is 0 Å². The van der Waals surface area contributed by atoms with Crippen LogP contribution in [0.4, 0.5) is 5.69 Å². The van der Waals surface area contributed by atoms with Crippen molar-refractivity contribution in [3.05, 3.63) is 64.7 Å². The molecule has 0 aromatic heterocycles. The van der Waals surface area contributed by atoms with Gasteiger partial charge >= 0.3 is 0 Å². The second-order valence-electron chi connectivity index (χ2n) is 6.83. The van der Waals surface area contributed by atoms with Crippen molar-refractivity contribution in [1.82, 2.24) is 5.32 Å². The molecular formula is C21H24ClN3O. The molecule has 1 aliphatic heterocycles. The molecule has 3 rings (SSSR count). The van der Waals surface area contributed by atoms with E-state index in [0.29, 0.717) is 10.6 Å². The molecule has 1 heterocycles. The topological polar surface area (TPSA) is 57.1 Å². The first-order chi connectivity index (χ1) is 12.6. The fourth-order valence-corrected chi connectivity index (χ4v) is 3.63. The average Bonchev–Trinajstić information content (AvgIpc) is 2.68. The molecule has 1 atom stereocenters. The Labute approximate surface area is 160 Å². The molecule has 2 N–H and O–H groups in total. The Morgan fingerprint density at radius 2 is 1.92 bits per heavy atom. The van der Waals surface area contributed by atoms with Gasteiger partial charge in [0.25, 0.3) is 0 Å². The SMILES string of the molecule is CC(NC1(CNc2ccc(C#N)c(Cl)c2)CCOCC1)c1ccccc1. The fourth-order valence-electron chi connectivity index (χ4n) is 3.41. The number of rotatable bonds is 6. The molecule has 4 nitrogen and oxygen atoms in total. The summed E-state index contributed by atoms with van der Waals surface area (Å²) in [5.74, 6) is 0. The number of nitrogens with one attached hydrogen (secondary N) is 2. The molecule has 1 unspecified atom stereocenters. The van der Waals surface area contributed by atoms with Crippen LogP contribution < -0.4 is 10.6 Å². The summed E-state index contributed by atoms with van der Waals surface area (Å²) in [6, 6.07) is 18.3. The standard InChI is InChI=1S/C21H24ClN3O/c1-16(17-5-3-2-4-6-17)25-21(9-11-26-12-10-21)15-24-19-8-7-18(14-23)20(22)13-19/h2-8,13,16,24-25H,9-12,15H2,1H3. The molecule has 0 bridgehead atoms. The molecule has 0 amide bonds. The molecular weight excluding hydrogens is 346 g/mol. The summed E-state index contributed by atoms with van der Waals surface area (Å²) in [5.41, 5.74) is 2.65. The predicted molar refractivity (Wildman–Crippen MR) is 105 cm³/mol. The van der Waals surface area contributed by atoms with Gasteiger partial charge in [-0.1, -0.05) is 41.9 Å². The van der Waals surface area contributed by atoms with Crippen LogP contribution in [-0.2, 0) is 4.74 Å². The molecule has 1 aliphatic rings. The molecule has 136 valence electrons. The van der Waals surface area contributed by atoms with Crippen LogP contribution in [0.5, 0.6) is 0 Å². The van der Waals surface area contributed by atoms with E-state index in [0.717, 1.165) is 38.3 Å². The minimum Gasteiger partial charge on any atom is -0.383 e. The second-order valence-corrected chi connectivity index (χ2v) is 7.24. The minimum absolute atomic E-state index is 0.0477. The normalized spacial score (nSPS) is 17.3. The number of halogens is 1. The lowest BCUT2D eigenvalue weighted by molar-refractivity contribution is 0.0389. The molecule has 1 saturated heterocycles. The lowest BCUT2D eigenvalue weighted by Gasteiger charge is -2.41. The zero-order chi connectivity index (χ0) is 18.4. The summed E-state index contributed by atoms with van der Waals surface area (Å²) in [7, 11) is 0. The maximum atomic E-state index is 9.01. The lowest BCUT2D eigenvalue weighted by atomic mass is 9.88. The number of nitrogens with zero attached hydrogens (tertiary/aromatic N) is 1. The smallest absolute Gasteiger partial charge is 0.101 e. The van der Waals surface area contributed by atoms with E-state index in [2.05, 4.69) is 47.9 Å². The molecule has 2 aromatic carbocycles. The van der Waals surface area contributed by atoms with Gasteiger partial charge in [0.05, 0.1) is 10.6 Å². The number of hydrogen-bond acceptors (Lipinski definition) is 4. The average molecular weight is 370 g/mol. The van der Waals surface area contributed by atoms with Gasteiger partial charge in [0.15, 0.2) is 0 Å². The van der Waals surface area contributed by atoms with E-state index >= 15 is 0 Å². The highest BCUT2D eigenvalue weighted by Gasteiger charge is 2.33. The number of hydrogen-bond donors (Lipinski definition) is 2. The Morgan fingerprint density at radius 1 is 1.19 bits per heavy atom. The van der Waals surface area contributed by atoms with Crippen molar-refractivity contribution in [2.24, 2.45) is 0 Å². The fraction of sp³-hybridized carbons (Fsp3) is 0.381. The quantitative estimate of drug-likeness (QED) is 0.785. The van der Waals surface area contributed by atoms with Gasteiger partial charge in [0, 0.05) is 37.0 Å². The van der Waals surface area contributed by atoms with E-state index in [-0.39, 0.29) is 11.6 Å². The van der Waals surface area contributed by atoms with Crippen molar-refractivity contribution < 1.29 is 4.74 Å². The lowest BCUT2D eigenvalue weighted by Crippen LogP contribution is -2.54. The number of ether oxygens (including phenoxy) is 1. The van der Waals surface area contributed by atoms with Gasteiger partial charge in [-0.2, -0.15) is 5.26 Å². The number of nitriles is 1. The van der Waals surface area contributed by atoms with E-state index in [1.165, 1.54) is 5.56 Å².